The maximum Gasteiger partial charge on any atom is 0.318 e. The smallest absolute Gasteiger partial charge is 0.318 e. The summed E-state index contributed by atoms with van der Waals surface area (Å²) < 4.78 is 30.2. The predicted octanol–water partition coefficient (Wildman–Crippen LogP) is 3.16. The summed E-state index contributed by atoms with van der Waals surface area (Å²) in [4.78, 5) is 69.6. The molecule has 2 aromatic carbocycles. The van der Waals surface area contributed by atoms with Crippen molar-refractivity contribution >= 4 is 56.8 Å². The molecule has 5 amide bonds. The Labute approximate surface area is 316 Å². The molecular weight excluding hydrogens is 722 g/mol. The number of anilines is 1. The van der Waals surface area contributed by atoms with Gasteiger partial charge in [0.1, 0.15) is 12.1 Å². The third-order valence-corrected chi connectivity index (χ3v) is 11.8. The van der Waals surface area contributed by atoms with Crippen molar-refractivity contribution in [3.05, 3.63) is 59.1 Å². The van der Waals surface area contributed by atoms with Gasteiger partial charge < -0.3 is 26.2 Å². The van der Waals surface area contributed by atoms with Crippen LogP contribution in [0.3, 0.4) is 0 Å². The summed E-state index contributed by atoms with van der Waals surface area (Å²) >= 11 is 6.12. The number of nitrogens with zero attached hydrogens (tertiary/aromatic N) is 2. The van der Waals surface area contributed by atoms with E-state index in [0.29, 0.717) is 43.1 Å². The highest BCUT2D eigenvalue weighted by atomic mass is 35.5. The molecule has 0 radical (unpaired) electrons. The summed E-state index contributed by atoms with van der Waals surface area (Å²) in [5.74, 6) is -2.60. The lowest BCUT2D eigenvalue weighted by Crippen LogP contribution is -2.64. The predicted molar refractivity (Wildman–Crippen MR) is 200 cm³/mol. The molecule has 0 aromatic heterocycles. The summed E-state index contributed by atoms with van der Waals surface area (Å²) in [6.45, 7) is 2.70. The molecule has 0 unspecified atom stereocenters. The fraction of sp³-hybridized carbons (Fsp3) is 0.541. The van der Waals surface area contributed by atoms with Crippen molar-refractivity contribution in [3.8, 4) is 0 Å². The number of hydrogen-bond acceptors (Lipinski definition) is 8. The number of ketones is 1. The van der Waals surface area contributed by atoms with Crippen LogP contribution in [0.5, 0.6) is 0 Å². The van der Waals surface area contributed by atoms with Gasteiger partial charge in [0.2, 0.25) is 27.6 Å². The number of rotatable bonds is 15. The molecule has 3 atom stereocenters. The molecule has 3 aliphatic rings. The minimum absolute atomic E-state index is 0.0165. The second-order valence-electron chi connectivity index (χ2n) is 14.1. The quantitative estimate of drug-likeness (QED) is 0.171. The second-order valence-corrected chi connectivity index (χ2v) is 16.2. The van der Waals surface area contributed by atoms with Gasteiger partial charge in [0, 0.05) is 50.0 Å². The van der Waals surface area contributed by atoms with Gasteiger partial charge in [-0.15, -0.1) is 0 Å². The normalized spacial score (nSPS) is 19.5. The van der Waals surface area contributed by atoms with E-state index in [-0.39, 0.29) is 36.4 Å². The van der Waals surface area contributed by atoms with E-state index in [1.807, 2.05) is 24.0 Å². The lowest BCUT2D eigenvalue weighted by molar-refractivity contribution is -0.143. The molecule has 14 nitrogen and oxygen atoms in total. The van der Waals surface area contributed by atoms with E-state index in [1.165, 1.54) is 36.2 Å². The number of Topliss-reactive ketones (excluding diaryl/α,β-unsaturated/α-hetero) is 1. The summed E-state index contributed by atoms with van der Waals surface area (Å²) in [6, 6.07) is 9.43. The summed E-state index contributed by atoms with van der Waals surface area (Å²) in [5, 5.41) is 11.1. The van der Waals surface area contributed by atoms with Crippen LogP contribution in [0.1, 0.15) is 70.3 Å². The van der Waals surface area contributed by atoms with Crippen molar-refractivity contribution in [1.29, 1.82) is 0 Å². The average molecular weight is 772 g/mol. The van der Waals surface area contributed by atoms with E-state index in [4.69, 9.17) is 11.6 Å². The van der Waals surface area contributed by atoms with Crippen molar-refractivity contribution in [2.75, 3.05) is 32.0 Å². The molecule has 0 bridgehead atoms. The van der Waals surface area contributed by atoms with Crippen LogP contribution in [0.25, 0.3) is 0 Å². The van der Waals surface area contributed by atoms with Crippen LogP contribution in [-0.2, 0) is 35.7 Å². The molecule has 3 fully saturated rings. The third kappa shape index (κ3) is 11.0. The van der Waals surface area contributed by atoms with Gasteiger partial charge in [-0.2, -0.15) is 4.72 Å². The number of carbonyl (C=O) groups is 5. The highest BCUT2D eigenvalue weighted by Crippen LogP contribution is 2.30. The van der Waals surface area contributed by atoms with E-state index in [9.17, 15) is 32.4 Å². The van der Waals surface area contributed by atoms with Gasteiger partial charge in [-0.25, -0.2) is 13.2 Å². The molecule has 2 aromatic rings. The van der Waals surface area contributed by atoms with E-state index in [1.54, 1.807) is 12.1 Å². The molecule has 1 saturated heterocycles. The van der Waals surface area contributed by atoms with Gasteiger partial charge in [-0.3, -0.25) is 24.1 Å². The first-order chi connectivity index (χ1) is 25.4. The Hall–Kier alpha value is -4.05. The molecule has 1 heterocycles. The number of piperazine rings is 1. The van der Waals surface area contributed by atoms with Crippen molar-refractivity contribution < 1.29 is 32.4 Å². The van der Waals surface area contributed by atoms with Crippen LogP contribution in [0.4, 0.5) is 10.5 Å². The molecule has 288 valence electrons. The zero-order valence-corrected chi connectivity index (χ0v) is 31.8. The van der Waals surface area contributed by atoms with Gasteiger partial charge in [0.05, 0.1) is 10.9 Å². The number of amides is 5. The number of urea groups is 1. The largest absolute Gasteiger partial charge is 0.347 e. The van der Waals surface area contributed by atoms with E-state index >= 15 is 0 Å². The fourth-order valence-electron chi connectivity index (χ4n) is 6.91. The summed E-state index contributed by atoms with van der Waals surface area (Å²) in [5.41, 5.74) is 1.29. The van der Waals surface area contributed by atoms with Crippen LogP contribution in [-0.4, -0.2) is 98.6 Å². The molecule has 0 spiro atoms. The van der Waals surface area contributed by atoms with Crippen LogP contribution >= 0.6 is 11.6 Å². The first-order valence-corrected chi connectivity index (χ1v) is 20.3. The molecule has 5 N–H and O–H groups in total. The van der Waals surface area contributed by atoms with Crippen LogP contribution in [0, 0.1) is 5.92 Å². The Kier molecular flexibility index (Phi) is 13.9. The first kappa shape index (κ1) is 40.1. The monoisotopic (exact) mass is 771 g/mol. The Balaban J connectivity index is 1.37. The van der Waals surface area contributed by atoms with E-state index in [2.05, 4.69) is 26.0 Å². The van der Waals surface area contributed by atoms with Crippen molar-refractivity contribution in [1.82, 2.24) is 30.5 Å². The Morgan fingerprint density at radius 1 is 0.906 bits per heavy atom. The summed E-state index contributed by atoms with van der Waals surface area (Å²) in [6.07, 6.45) is 6.49. The standard InChI is InChI=1S/C37H50ClN7O7S/c1-3-7-30(33(46)35(48)40-27-14-15-27)42-34(47)31-23-45(21-20-44(31)22-24-10-12-26(38)13-11-24)36(49)32(25-8-5-4-6-9-25)43-53(51,52)29-18-16-28(17-19-29)41-37(50)39-2/h10-13,16-19,25,27,30-32,43H,3-9,14-15,20-23H2,1-2H3,(H,40,48)(H,42,47)(H2,39,41,50)/t30-,31+,32-/m0/s1. The number of nitrogens with one attached hydrogen (secondary N) is 5. The number of halogens is 1. The Bertz CT molecular complexity index is 1730. The topological polar surface area (TPSA) is 186 Å². The third-order valence-electron chi connectivity index (χ3n) is 10.1. The SMILES string of the molecule is CCC[C@H](NC(=O)[C@H]1CN(C(=O)[C@@H](NS(=O)(=O)c2ccc(NC(=O)NC)cc2)C2CCCCC2)CCN1Cc1ccc(Cl)cc1)C(=O)C(=O)NC1CC1. The summed E-state index contributed by atoms with van der Waals surface area (Å²) in [7, 11) is -2.71. The lowest BCUT2D eigenvalue weighted by atomic mass is 9.83. The zero-order chi connectivity index (χ0) is 38.1. The van der Waals surface area contributed by atoms with Crippen LogP contribution < -0.4 is 26.0 Å². The molecular formula is C37H50ClN7O7S. The second kappa shape index (κ2) is 18.3. The first-order valence-electron chi connectivity index (χ1n) is 18.4. The average Bonchev–Trinajstić information content (AvgIpc) is 3.98. The lowest BCUT2D eigenvalue weighted by Gasteiger charge is -2.43. The molecule has 1 aliphatic heterocycles. The fourth-order valence-corrected chi connectivity index (χ4v) is 8.29. The van der Waals surface area contributed by atoms with Gasteiger partial charge in [0.15, 0.2) is 0 Å². The minimum atomic E-state index is -4.17. The molecule has 16 heteroatoms. The van der Waals surface area contributed by atoms with Gasteiger partial charge >= 0.3 is 6.03 Å². The van der Waals surface area contributed by atoms with Gasteiger partial charge in [-0.05, 0) is 80.0 Å². The molecule has 2 aliphatic carbocycles. The number of carbonyl (C=O) groups excluding carboxylic acids is 5. The maximum absolute atomic E-state index is 14.5. The van der Waals surface area contributed by atoms with E-state index in [0.717, 1.165) is 37.7 Å². The maximum atomic E-state index is 14.5. The Morgan fingerprint density at radius 3 is 2.21 bits per heavy atom. The highest BCUT2D eigenvalue weighted by Gasteiger charge is 2.41. The zero-order valence-electron chi connectivity index (χ0n) is 30.2. The molecule has 5 rings (SSSR count). The van der Waals surface area contributed by atoms with Gasteiger partial charge in [-0.1, -0.05) is 56.3 Å². The molecule has 53 heavy (non-hydrogen) atoms. The van der Waals surface area contributed by atoms with Crippen LogP contribution in [0.15, 0.2) is 53.4 Å². The highest BCUT2D eigenvalue weighted by molar-refractivity contribution is 7.89. The number of benzene rings is 2. The number of hydrogen-bond donors (Lipinski definition) is 5. The molecule has 2 saturated carbocycles. The number of sulfonamides is 1. The van der Waals surface area contributed by atoms with Crippen molar-refractivity contribution in [2.45, 2.75) is 100 Å². The van der Waals surface area contributed by atoms with E-state index < -0.39 is 57.7 Å². The van der Waals surface area contributed by atoms with Gasteiger partial charge in [0.25, 0.3) is 5.91 Å². The van der Waals surface area contributed by atoms with Crippen LogP contribution in [0.2, 0.25) is 5.02 Å². The van der Waals surface area contributed by atoms with Crippen molar-refractivity contribution in [2.24, 2.45) is 5.92 Å². The minimum Gasteiger partial charge on any atom is -0.347 e. The Morgan fingerprint density at radius 2 is 1.58 bits per heavy atom. The van der Waals surface area contributed by atoms with Crippen molar-refractivity contribution in [3.63, 3.8) is 0 Å².